The number of hydrogen-bond donors (Lipinski definition) is 1. The molecule has 1 unspecified atom stereocenters. The van der Waals surface area contributed by atoms with Crippen molar-refractivity contribution in [2.75, 3.05) is 14.1 Å². The van der Waals surface area contributed by atoms with E-state index in [9.17, 15) is 4.79 Å². The molecule has 78 valence electrons. The van der Waals surface area contributed by atoms with Crippen LogP contribution < -0.4 is 0 Å². The van der Waals surface area contributed by atoms with Crippen molar-refractivity contribution in [3.05, 3.63) is 5.82 Å². The number of aliphatic carboxylic acids is 1. The lowest BCUT2D eigenvalue weighted by Gasteiger charge is -2.11. The minimum atomic E-state index is -0.947. The van der Waals surface area contributed by atoms with E-state index in [-0.39, 0.29) is 0 Å². The number of carboxylic acid groups (broad SMARTS) is 1. The molecule has 1 aromatic rings. The summed E-state index contributed by atoms with van der Waals surface area (Å²) in [5.41, 5.74) is 0. The average molecular weight is 199 g/mol. The SMILES string of the molecule is CC(C(=O)O)n1nnnc1CN(C)C. The van der Waals surface area contributed by atoms with Crippen LogP contribution in [0.3, 0.4) is 0 Å². The summed E-state index contributed by atoms with van der Waals surface area (Å²) in [6, 6.07) is -0.736. The Labute approximate surface area is 81.3 Å². The number of rotatable bonds is 4. The van der Waals surface area contributed by atoms with Gasteiger partial charge in [0.1, 0.15) is 6.04 Å². The minimum Gasteiger partial charge on any atom is -0.480 e. The molecule has 1 heterocycles. The maximum Gasteiger partial charge on any atom is 0.328 e. The molecule has 0 radical (unpaired) electrons. The number of carbonyl (C=O) groups is 1. The van der Waals surface area contributed by atoms with E-state index in [1.807, 2.05) is 19.0 Å². The Balaban J connectivity index is 2.86. The molecule has 14 heavy (non-hydrogen) atoms. The fourth-order valence-electron chi connectivity index (χ4n) is 1.00. The van der Waals surface area contributed by atoms with Gasteiger partial charge in [-0.15, -0.1) is 5.10 Å². The van der Waals surface area contributed by atoms with Crippen molar-refractivity contribution in [1.82, 2.24) is 25.1 Å². The molecule has 0 aliphatic rings. The fraction of sp³-hybridized carbons (Fsp3) is 0.714. The summed E-state index contributed by atoms with van der Waals surface area (Å²) >= 11 is 0. The van der Waals surface area contributed by atoms with Gasteiger partial charge in [-0.1, -0.05) is 0 Å². The molecular weight excluding hydrogens is 186 g/mol. The number of carboxylic acids is 1. The molecule has 0 amide bonds. The standard InChI is InChI=1S/C7H13N5O2/c1-5(7(13)14)12-6(4-11(2)3)8-9-10-12/h5H,4H2,1-3H3,(H,13,14). The summed E-state index contributed by atoms with van der Waals surface area (Å²) < 4.78 is 1.31. The molecule has 0 bridgehead atoms. The second-order valence-electron chi connectivity index (χ2n) is 3.29. The molecule has 7 nitrogen and oxygen atoms in total. The maximum absolute atomic E-state index is 10.7. The van der Waals surface area contributed by atoms with Crippen LogP contribution in [0.4, 0.5) is 0 Å². The third-order valence-corrected chi connectivity index (χ3v) is 1.74. The van der Waals surface area contributed by atoms with Gasteiger partial charge in [0, 0.05) is 0 Å². The lowest BCUT2D eigenvalue weighted by Crippen LogP contribution is -2.22. The maximum atomic E-state index is 10.7. The van der Waals surface area contributed by atoms with Gasteiger partial charge < -0.3 is 10.0 Å². The van der Waals surface area contributed by atoms with Gasteiger partial charge in [-0.2, -0.15) is 0 Å². The molecule has 0 aliphatic heterocycles. The predicted molar refractivity (Wildman–Crippen MR) is 47.6 cm³/mol. The molecule has 0 saturated heterocycles. The molecule has 1 aromatic heterocycles. The van der Waals surface area contributed by atoms with Gasteiger partial charge in [0.15, 0.2) is 5.82 Å². The molecule has 0 fully saturated rings. The van der Waals surface area contributed by atoms with Crippen LogP contribution in [0.1, 0.15) is 18.8 Å². The van der Waals surface area contributed by atoms with Crippen molar-refractivity contribution >= 4 is 5.97 Å². The summed E-state index contributed by atoms with van der Waals surface area (Å²) in [4.78, 5) is 12.6. The Kier molecular flexibility index (Phi) is 3.13. The summed E-state index contributed by atoms with van der Waals surface area (Å²) in [7, 11) is 3.73. The molecule has 0 saturated carbocycles. The molecular formula is C7H13N5O2. The number of tetrazole rings is 1. The second-order valence-corrected chi connectivity index (χ2v) is 3.29. The molecule has 0 spiro atoms. The van der Waals surface area contributed by atoms with Crippen LogP contribution in [0.2, 0.25) is 0 Å². The highest BCUT2D eigenvalue weighted by molar-refractivity contribution is 5.71. The first-order valence-electron chi connectivity index (χ1n) is 4.16. The predicted octanol–water partition coefficient (Wildman–Crippen LogP) is -0.620. The normalized spacial score (nSPS) is 13.1. The van der Waals surface area contributed by atoms with Crippen LogP contribution in [0.15, 0.2) is 0 Å². The van der Waals surface area contributed by atoms with Crippen LogP contribution in [-0.2, 0) is 11.3 Å². The van der Waals surface area contributed by atoms with Gasteiger partial charge in [-0.25, -0.2) is 9.48 Å². The zero-order chi connectivity index (χ0) is 10.7. The van der Waals surface area contributed by atoms with E-state index in [4.69, 9.17) is 5.11 Å². The van der Waals surface area contributed by atoms with Crippen LogP contribution in [0.5, 0.6) is 0 Å². The summed E-state index contributed by atoms with van der Waals surface area (Å²) in [5.74, 6) is -0.401. The topological polar surface area (TPSA) is 84.1 Å². The first kappa shape index (κ1) is 10.6. The Morgan fingerprint density at radius 1 is 1.64 bits per heavy atom. The Morgan fingerprint density at radius 3 is 2.79 bits per heavy atom. The zero-order valence-corrected chi connectivity index (χ0v) is 8.38. The van der Waals surface area contributed by atoms with Crippen molar-refractivity contribution in [2.45, 2.75) is 19.5 Å². The summed E-state index contributed by atoms with van der Waals surface area (Å²) in [6.07, 6.45) is 0. The highest BCUT2D eigenvalue weighted by atomic mass is 16.4. The van der Waals surface area contributed by atoms with E-state index in [0.717, 1.165) is 0 Å². The quantitative estimate of drug-likeness (QED) is 0.695. The van der Waals surface area contributed by atoms with E-state index in [1.165, 1.54) is 11.6 Å². The highest BCUT2D eigenvalue weighted by Gasteiger charge is 2.18. The van der Waals surface area contributed by atoms with Crippen molar-refractivity contribution < 1.29 is 9.90 Å². The summed E-state index contributed by atoms with van der Waals surface area (Å²) in [6.45, 7) is 2.06. The smallest absolute Gasteiger partial charge is 0.328 e. The monoisotopic (exact) mass is 199 g/mol. The van der Waals surface area contributed by atoms with Gasteiger partial charge in [0.25, 0.3) is 0 Å². The van der Waals surface area contributed by atoms with E-state index in [2.05, 4.69) is 15.5 Å². The van der Waals surface area contributed by atoms with E-state index < -0.39 is 12.0 Å². The molecule has 1 rings (SSSR count). The van der Waals surface area contributed by atoms with Gasteiger partial charge in [0.05, 0.1) is 6.54 Å². The van der Waals surface area contributed by atoms with Crippen LogP contribution in [0.25, 0.3) is 0 Å². The molecule has 7 heteroatoms. The third-order valence-electron chi connectivity index (χ3n) is 1.74. The van der Waals surface area contributed by atoms with E-state index >= 15 is 0 Å². The second kappa shape index (κ2) is 4.14. The van der Waals surface area contributed by atoms with Crippen molar-refractivity contribution in [3.63, 3.8) is 0 Å². The first-order chi connectivity index (χ1) is 6.52. The van der Waals surface area contributed by atoms with Gasteiger partial charge in [0.2, 0.25) is 0 Å². The lowest BCUT2D eigenvalue weighted by molar-refractivity contribution is -0.140. The van der Waals surface area contributed by atoms with Gasteiger partial charge in [-0.3, -0.25) is 0 Å². The molecule has 1 N–H and O–H groups in total. The average Bonchev–Trinajstić information content (AvgIpc) is 2.49. The Bertz CT molecular complexity index is 322. The number of nitrogens with zero attached hydrogens (tertiary/aromatic N) is 5. The van der Waals surface area contributed by atoms with Crippen LogP contribution in [-0.4, -0.2) is 50.3 Å². The minimum absolute atomic E-state index is 0.518. The largest absolute Gasteiger partial charge is 0.480 e. The number of hydrogen-bond acceptors (Lipinski definition) is 5. The van der Waals surface area contributed by atoms with Crippen LogP contribution in [0, 0.1) is 0 Å². The van der Waals surface area contributed by atoms with E-state index in [0.29, 0.717) is 12.4 Å². The van der Waals surface area contributed by atoms with Crippen LogP contribution >= 0.6 is 0 Å². The Morgan fingerprint density at radius 2 is 2.29 bits per heavy atom. The first-order valence-corrected chi connectivity index (χ1v) is 4.16. The zero-order valence-electron chi connectivity index (χ0n) is 8.38. The Hall–Kier alpha value is -1.50. The highest BCUT2D eigenvalue weighted by Crippen LogP contribution is 2.06. The fourth-order valence-corrected chi connectivity index (χ4v) is 1.00. The number of aromatic nitrogens is 4. The van der Waals surface area contributed by atoms with Gasteiger partial charge >= 0.3 is 5.97 Å². The van der Waals surface area contributed by atoms with Crippen molar-refractivity contribution in [2.24, 2.45) is 0 Å². The molecule has 1 atom stereocenters. The van der Waals surface area contributed by atoms with Crippen molar-refractivity contribution in [3.8, 4) is 0 Å². The third kappa shape index (κ3) is 2.25. The molecule has 0 aromatic carbocycles. The van der Waals surface area contributed by atoms with E-state index in [1.54, 1.807) is 0 Å². The molecule has 0 aliphatic carbocycles. The van der Waals surface area contributed by atoms with Crippen molar-refractivity contribution in [1.29, 1.82) is 0 Å². The summed E-state index contributed by atoms with van der Waals surface area (Å²) in [5, 5.41) is 19.6. The van der Waals surface area contributed by atoms with Gasteiger partial charge in [-0.05, 0) is 31.4 Å². The lowest BCUT2D eigenvalue weighted by atomic mass is 10.3.